The Morgan fingerprint density at radius 2 is 1.97 bits per heavy atom. The smallest absolute Gasteiger partial charge is 0.263 e. The van der Waals surface area contributed by atoms with Crippen LogP contribution in [0, 0.1) is 0 Å². The second kappa shape index (κ2) is 7.39. The van der Waals surface area contributed by atoms with Gasteiger partial charge in [0.1, 0.15) is 22.7 Å². The molecule has 3 aromatic heterocycles. The first kappa shape index (κ1) is 19.8. The molecule has 3 N–H and O–H groups in total. The Bertz CT molecular complexity index is 1400. The van der Waals surface area contributed by atoms with Gasteiger partial charge in [0, 0.05) is 25.0 Å². The standard InChI is InChI=1S/C19H15ClN6O3S/c1-26-9-13(16-18(21)23-10-24-19(16)26)17(27)11-6-12(8-22-7-11)25-30(28,29)15-5-3-2-4-14(15)20/h2-10,25H,1H3,(H2,21,23,24). The summed E-state index contributed by atoms with van der Waals surface area (Å²) in [4.78, 5) is 25.1. The molecular formula is C19H15ClN6O3S. The predicted octanol–water partition coefficient (Wildman–Crippen LogP) is 2.63. The van der Waals surface area contributed by atoms with Gasteiger partial charge in [0.05, 0.1) is 27.9 Å². The summed E-state index contributed by atoms with van der Waals surface area (Å²) in [6.07, 6.45) is 5.55. The van der Waals surface area contributed by atoms with E-state index in [2.05, 4.69) is 19.7 Å². The normalized spacial score (nSPS) is 11.5. The average Bonchev–Trinajstić information content (AvgIpc) is 3.05. The van der Waals surface area contributed by atoms with Crippen molar-refractivity contribution < 1.29 is 13.2 Å². The first-order valence-corrected chi connectivity index (χ1v) is 10.5. The second-order valence-corrected chi connectivity index (χ2v) is 8.50. The number of rotatable bonds is 5. The van der Waals surface area contributed by atoms with Gasteiger partial charge >= 0.3 is 0 Å². The van der Waals surface area contributed by atoms with Gasteiger partial charge in [0.2, 0.25) is 0 Å². The average molecular weight is 443 g/mol. The van der Waals surface area contributed by atoms with Crippen LogP contribution in [0.3, 0.4) is 0 Å². The van der Waals surface area contributed by atoms with E-state index in [0.29, 0.717) is 16.6 Å². The highest BCUT2D eigenvalue weighted by molar-refractivity contribution is 7.92. The minimum absolute atomic E-state index is 0.0800. The topological polar surface area (TPSA) is 133 Å². The van der Waals surface area contributed by atoms with Gasteiger partial charge in [-0.3, -0.25) is 14.5 Å². The Hall–Kier alpha value is -3.50. The largest absolute Gasteiger partial charge is 0.383 e. The summed E-state index contributed by atoms with van der Waals surface area (Å²) in [5, 5.41) is 0.503. The third-order valence-corrected chi connectivity index (χ3v) is 6.29. The number of halogens is 1. The van der Waals surface area contributed by atoms with E-state index in [-0.39, 0.29) is 27.0 Å². The van der Waals surface area contributed by atoms with E-state index in [4.69, 9.17) is 17.3 Å². The van der Waals surface area contributed by atoms with Crippen molar-refractivity contribution in [3.63, 3.8) is 0 Å². The van der Waals surface area contributed by atoms with Gasteiger partial charge in [-0.2, -0.15) is 0 Å². The number of hydrogen-bond donors (Lipinski definition) is 2. The van der Waals surface area contributed by atoms with E-state index in [9.17, 15) is 13.2 Å². The molecule has 4 rings (SSSR count). The minimum atomic E-state index is -3.97. The number of sulfonamides is 1. The van der Waals surface area contributed by atoms with Crippen molar-refractivity contribution in [2.24, 2.45) is 7.05 Å². The molecule has 0 saturated heterocycles. The fraction of sp³-hybridized carbons (Fsp3) is 0.0526. The number of nitrogens with zero attached hydrogens (tertiary/aromatic N) is 4. The second-order valence-electron chi connectivity index (χ2n) is 6.44. The van der Waals surface area contributed by atoms with Crippen LogP contribution in [0.1, 0.15) is 15.9 Å². The Morgan fingerprint density at radius 3 is 2.73 bits per heavy atom. The monoisotopic (exact) mass is 442 g/mol. The van der Waals surface area contributed by atoms with E-state index < -0.39 is 15.8 Å². The van der Waals surface area contributed by atoms with Crippen molar-refractivity contribution in [3.8, 4) is 0 Å². The highest BCUT2D eigenvalue weighted by Gasteiger charge is 2.21. The number of pyridine rings is 1. The summed E-state index contributed by atoms with van der Waals surface area (Å²) in [5.74, 6) is -0.221. The molecule has 9 nitrogen and oxygen atoms in total. The maximum Gasteiger partial charge on any atom is 0.263 e. The third-order valence-electron chi connectivity index (χ3n) is 4.41. The number of benzene rings is 1. The number of nitrogens with two attached hydrogens (primary N) is 1. The SMILES string of the molecule is Cn1cc(C(=O)c2cncc(NS(=O)(=O)c3ccccc3Cl)c2)c2c(N)ncnc21. The van der Waals surface area contributed by atoms with Crippen LogP contribution < -0.4 is 10.5 Å². The summed E-state index contributed by atoms with van der Waals surface area (Å²) in [6.45, 7) is 0. The van der Waals surface area contributed by atoms with Crippen LogP contribution >= 0.6 is 11.6 Å². The molecule has 0 spiro atoms. The molecule has 0 amide bonds. The summed E-state index contributed by atoms with van der Waals surface area (Å²) in [7, 11) is -2.23. The molecule has 152 valence electrons. The first-order valence-electron chi connectivity index (χ1n) is 8.60. The van der Waals surface area contributed by atoms with E-state index in [0.717, 1.165) is 0 Å². The molecule has 0 aliphatic heterocycles. The number of hydrogen-bond acceptors (Lipinski definition) is 7. The van der Waals surface area contributed by atoms with Crippen molar-refractivity contribution in [2.75, 3.05) is 10.5 Å². The van der Waals surface area contributed by atoms with Crippen LogP contribution in [-0.2, 0) is 17.1 Å². The lowest BCUT2D eigenvalue weighted by Crippen LogP contribution is -2.14. The third kappa shape index (κ3) is 3.46. The molecule has 0 bridgehead atoms. The van der Waals surface area contributed by atoms with Crippen LogP contribution in [0.5, 0.6) is 0 Å². The van der Waals surface area contributed by atoms with Crippen LogP contribution in [0.4, 0.5) is 11.5 Å². The molecule has 30 heavy (non-hydrogen) atoms. The number of anilines is 2. The van der Waals surface area contributed by atoms with Crippen LogP contribution in [-0.4, -0.2) is 33.7 Å². The van der Waals surface area contributed by atoms with E-state index in [1.165, 1.54) is 36.9 Å². The molecule has 0 unspecified atom stereocenters. The van der Waals surface area contributed by atoms with E-state index in [1.54, 1.807) is 29.9 Å². The number of fused-ring (bicyclic) bond motifs is 1. The maximum atomic E-state index is 13.1. The van der Waals surface area contributed by atoms with Gasteiger partial charge in [-0.05, 0) is 18.2 Å². The van der Waals surface area contributed by atoms with Gasteiger partial charge < -0.3 is 10.3 Å². The van der Waals surface area contributed by atoms with Crippen LogP contribution in [0.15, 0.2) is 60.1 Å². The lowest BCUT2D eigenvalue weighted by Gasteiger charge is -2.10. The summed E-state index contributed by atoms with van der Waals surface area (Å²) >= 11 is 5.99. The predicted molar refractivity (Wildman–Crippen MR) is 113 cm³/mol. The molecule has 0 aliphatic rings. The zero-order valence-electron chi connectivity index (χ0n) is 15.6. The molecule has 0 fully saturated rings. The summed E-state index contributed by atoms with van der Waals surface area (Å²) in [6, 6.07) is 7.43. The first-order chi connectivity index (χ1) is 14.3. The zero-order valence-corrected chi connectivity index (χ0v) is 17.1. The molecule has 3 heterocycles. The number of nitrogens with one attached hydrogen (secondary N) is 1. The lowest BCUT2D eigenvalue weighted by molar-refractivity contribution is 0.103. The van der Waals surface area contributed by atoms with Crippen molar-refractivity contribution in [3.05, 3.63) is 71.4 Å². The Labute approximate surface area is 176 Å². The van der Waals surface area contributed by atoms with Crippen molar-refractivity contribution in [2.45, 2.75) is 4.90 Å². The number of nitrogen functional groups attached to an aromatic ring is 1. The molecular weight excluding hydrogens is 428 g/mol. The van der Waals surface area contributed by atoms with Crippen molar-refractivity contribution in [1.29, 1.82) is 0 Å². The number of ketones is 1. The fourth-order valence-corrected chi connectivity index (χ4v) is 4.61. The van der Waals surface area contributed by atoms with Crippen LogP contribution in [0.25, 0.3) is 11.0 Å². The van der Waals surface area contributed by atoms with Crippen molar-refractivity contribution >= 4 is 49.9 Å². The molecule has 4 aromatic rings. The van der Waals surface area contributed by atoms with E-state index in [1.807, 2.05) is 0 Å². The number of carbonyl (C=O) groups is 1. The summed E-state index contributed by atoms with van der Waals surface area (Å²) < 4.78 is 29.4. The molecule has 0 saturated carbocycles. The van der Waals surface area contributed by atoms with Crippen molar-refractivity contribution in [1.82, 2.24) is 19.5 Å². The quantitative estimate of drug-likeness (QED) is 0.454. The maximum absolute atomic E-state index is 13.1. The highest BCUT2D eigenvalue weighted by atomic mass is 35.5. The van der Waals surface area contributed by atoms with Crippen LogP contribution in [0.2, 0.25) is 5.02 Å². The Morgan fingerprint density at radius 1 is 1.20 bits per heavy atom. The van der Waals surface area contributed by atoms with Gasteiger partial charge in [0.25, 0.3) is 10.0 Å². The molecule has 0 atom stereocenters. The lowest BCUT2D eigenvalue weighted by atomic mass is 10.1. The number of aromatic nitrogens is 4. The van der Waals surface area contributed by atoms with Gasteiger partial charge in [-0.25, -0.2) is 18.4 Å². The minimum Gasteiger partial charge on any atom is -0.383 e. The number of carbonyl (C=O) groups excluding carboxylic acids is 1. The highest BCUT2D eigenvalue weighted by Crippen LogP contribution is 2.27. The molecule has 1 aromatic carbocycles. The Balaban J connectivity index is 1.71. The summed E-state index contributed by atoms with van der Waals surface area (Å²) in [5.41, 5.74) is 7.03. The fourth-order valence-electron chi connectivity index (χ4n) is 3.05. The zero-order chi connectivity index (χ0) is 21.5. The molecule has 0 aliphatic carbocycles. The van der Waals surface area contributed by atoms with Gasteiger partial charge in [0.15, 0.2) is 5.78 Å². The van der Waals surface area contributed by atoms with Gasteiger partial charge in [-0.15, -0.1) is 0 Å². The van der Waals surface area contributed by atoms with Gasteiger partial charge in [-0.1, -0.05) is 23.7 Å². The van der Waals surface area contributed by atoms with E-state index >= 15 is 0 Å². The molecule has 11 heteroatoms. The Kier molecular flexibility index (Phi) is 4.88. The molecule has 0 radical (unpaired) electrons. The number of aryl methyl sites for hydroxylation is 1.